The van der Waals surface area contributed by atoms with Crippen LogP contribution < -0.4 is 24.3 Å². The summed E-state index contributed by atoms with van der Waals surface area (Å²) in [6, 6.07) is 7.46. The third-order valence-corrected chi connectivity index (χ3v) is 8.02. The fourth-order valence-electron chi connectivity index (χ4n) is 6.07. The van der Waals surface area contributed by atoms with Crippen molar-refractivity contribution in [2.24, 2.45) is 0 Å². The first kappa shape index (κ1) is 27.7. The third-order valence-electron chi connectivity index (χ3n) is 8.02. The maximum Gasteiger partial charge on any atom is 0.259 e. The minimum Gasteiger partial charge on any atom is -0.493 e. The van der Waals surface area contributed by atoms with Crippen molar-refractivity contribution in [2.45, 2.75) is 13.0 Å². The van der Waals surface area contributed by atoms with Crippen molar-refractivity contribution in [3.8, 4) is 23.0 Å². The van der Waals surface area contributed by atoms with E-state index >= 15 is 0 Å². The molecule has 11 heteroatoms. The Hall–Kier alpha value is -4.48. The normalized spacial score (nSPS) is 16.0. The maximum atomic E-state index is 13.6. The van der Waals surface area contributed by atoms with Crippen LogP contribution in [0.5, 0.6) is 23.0 Å². The number of H-pyrrole nitrogens is 1. The molecule has 2 aliphatic rings. The van der Waals surface area contributed by atoms with E-state index in [1.54, 1.807) is 40.7 Å². The molecule has 1 saturated heterocycles. The lowest BCUT2D eigenvalue weighted by Gasteiger charge is -2.26. The average Bonchev–Trinajstić information content (AvgIpc) is 3.68. The number of rotatable bonds is 10. The second kappa shape index (κ2) is 11.4. The molecule has 0 bridgehead atoms. The van der Waals surface area contributed by atoms with Crippen LogP contribution in [0.3, 0.4) is 0 Å². The highest BCUT2D eigenvalue weighted by Crippen LogP contribution is 2.46. The number of aromatic nitrogens is 2. The molecule has 42 heavy (non-hydrogen) atoms. The van der Waals surface area contributed by atoms with Crippen LogP contribution in [-0.4, -0.2) is 87.6 Å². The molecular weight excluding hydrogens is 540 g/mol. The molecule has 0 aliphatic carbocycles. The zero-order chi connectivity index (χ0) is 29.4. The van der Waals surface area contributed by atoms with E-state index < -0.39 is 11.8 Å². The van der Waals surface area contributed by atoms with Gasteiger partial charge in [0.25, 0.3) is 11.8 Å². The van der Waals surface area contributed by atoms with Gasteiger partial charge < -0.3 is 33.2 Å². The van der Waals surface area contributed by atoms with Gasteiger partial charge in [0.05, 0.1) is 74.6 Å². The van der Waals surface area contributed by atoms with Gasteiger partial charge in [-0.2, -0.15) is 0 Å². The summed E-state index contributed by atoms with van der Waals surface area (Å²) in [7, 11) is 6.25. The summed E-state index contributed by atoms with van der Waals surface area (Å²) in [5, 5.41) is 3.87. The molecule has 0 radical (unpaired) electrons. The van der Waals surface area contributed by atoms with Gasteiger partial charge in [0, 0.05) is 49.7 Å². The topological polar surface area (TPSA) is 116 Å². The average molecular weight is 575 g/mol. The Kier molecular flexibility index (Phi) is 7.53. The summed E-state index contributed by atoms with van der Waals surface area (Å²) >= 11 is 0. The summed E-state index contributed by atoms with van der Waals surface area (Å²) in [6.07, 6.45) is 4.56. The van der Waals surface area contributed by atoms with Crippen molar-refractivity contribution in [1.29, 1.82) is 0 Å². The van der Waals surface area contributed by atoms with Gasteiger partial charge in [0.2, 0.25) is 0 Å². The van der Waals surface area contributed by atoms with Crippen molar-refractivity contribution in [2.75, 3.05) is 61.3 Å². The minimum atomic E-state index is -0.490. The van der Waals surface area contributed by atoms with E-state index in [4.69, 9.17) is 23.7 Å². The number of morpholine rings is 1. The number of hydrogen-bond acceptors (Lipinski definition) is 8. The third kappa shape index (κ3) is 4.54. The molecule has 2 amide bonds. The fraction of sp³-hybridized carbons (Fsp3) is 0.355. The first-order chi connectivity index (χ1) is 20.5. The summed E-state index contributed by atoms with van der Waals surface area (Å²) in [6.45, 7) is 4.96. The number of nitrogens with one attached hydrogen (secondary N) is 2. The highest BCUT2D eigenvalue weighted by atomic mass is 16.5. The second-order valence-corrected chi connectivity index (χ2v) is 10.2. The lowest BCUT2D eigenvalue weighted by Crippen LogP contribution is -2.37. The number of nitrogens with zero attached hydrogens (tertiary/aromatic N) is 2. The van der Waals surface area contributed by atoms with E-state index in [0.29, 0.717) is 51.4 Å². The molecule has 1 fully saturated rings. The SMILES string of the molecule is COc1ccc2[nH]cc(C3=C(c4cn(CCCN5CCOCC5)c5ccc(OC)c(OC)c45)C(=O)NC3=O)c2c1OC. The smallest absolute Gasteiger partial charge is 0.259 e. The summed E-state index contributed by atoms with van der Waals surface area (Å²) in [5.74, 6) is 1.03. The van der Waals surface area contributed by atoms with Crippen molar-refractivity contribution >= 4 is 44.8 Å². The molecule has 2 aromatic carbocycles. The summed E-state index contributed by atoms with van der Waals surface area (Å²) in [5.41, 5.74) is 3.24. The largest absolute Gasteiger partial charge is 0.493 e. The van der Waals surface area contributed by atoms with Gasteiger partial charge in [-0.25, -0.2) is 0 Å². The van der Waals surface area contributed by atoms with E-state index in [-0.39, 0.29) is 11.1 Å². The highest BCUT2D eigenvalue weighted by Gasteiger charge is 2.37. The van der Waals surface area contributed by atoms with Crippen LogP contribution in [-0.2, 0) is 20.9 Å². The Morgan fingerprint density at radius 3 is 2.10 bits per heavy atom. The molecule has 0 atom stereocenters. The molecule has 6 rings (SSSR count). The van der Waals surface area contributed by atoms with Gasteiger partial charge in [0.15, 0.2) is 23.0 Å². The number of benzene rings is 2. The number of aryl methyl sites for hydroxylation is 1. The minimum absolute atomic E-state index is 0.245. The fourth-order valence-corrected chi connectivity index (χ4v) is 6.07. The number of fused-ring (bicyclic) bond motifs is 2. The number of hydrogen-bond donors (Lipinski definition) is 2. The first-order valence-corrected chi connectivity index (χ1v) is 13.9. The zero-order valence-corrected chi connectivity index (χ0v) is 24.2. The number of methoxy groups -OCH3 is 4. The Bertz CT molecular complexity index is 1710. The van der Waals surface area contributed by atoms with E-state index in [0.717, 1.165) is 50.3 Å². The second-order valence-electron chi connectivity index (χ2n) is 10.2. The summed E-state index contributed by atoms with van der Waals surface area (Å²) < 4.78 is 30.3. The van der Waals surface area contributed by atoms with E-state index in [1.165, 1.54) is 0 Å². The van der Waals surface area contributed by atoms with Crippen LogP contribution in [0.25, 0.3) is 33.0 Å². The van der Waals surface area contributed by atoms with Gasteiger partial charge in [-0.05, 0) is 30.7 Å². The molecule has 11 nitrogen and oxygen atoms in total. The molecular formula is C31H34N4O7. The molecule has 220 valence electrons. The van der Waals surface area contributed by atoms with Crippen LogP contribution in [0.4, 0.5) is 0 Å². The van der Waals surface area contributed by atoms with Crippen molar-refractivity contribution in [1.82, 2.24) is 19.8 Å². The Morgan fingerprint density at radius 1 is 0.786 bits per heavy atom. The predicted octanol–water partition coefficient (Wildman–Crippen LogP) is 3.45. The molecule has 2 aliphatic heterocycles. The quantitative estimate of drug-likeness (QED) is 0.277. The lowest BCUT2D eigenvalue weighted by molar-refractivity contribution is -0.122. The van der Waals surface area contributed by atoms with Crippen LogP contribution in [0, 0.1) is 0 Å². The Balaban J connectivity index is 1.55. The standard InChI is InChI=1S/C31H34N4O7/c1-38-22-8-6-20-24(28(22)40-3)18(16-32-20)26-27(31(37)33-30(26)36)19-17-35(11-5-10-34-12-14-42-15-13-34)21-7-9-23(39-2)29(41-4)25(19)21/h6-9,16-17,32H,5,10-15H2,1-4H3,(H,33,36,37). The molecule has 4 aromatic rings. The first-order valence-electron chi connectivity index (χ1n) is 13.9. The zero-order valence-electron chi connectivity index (χ0n) is 24.2. The van der Waals surface area contributed by atoms with Gasteiger partial charge in [-0.1, -0.05) is 0 Å². The molecule has 2 aromatic heterocycles. The van der Waals surface area contributed by atoms with Gasteiger partial charge in [-0.3, -0.25) is 19.8 Å². The van der Waals surface area contributed by atoms with Gasteiger partial charge >= 0.3 is 0 Å². The number of ether oxygens (including phenoxy) is 5. The summed E-state index contributed by atoms with van der Waals surface area (Å²) in [4.78, 5) is 32.7. The van der Waals surface area contributed by atoms with Crippen LogP contribution in [0.2, 0.25) is 0 Å². The number of carbonyl (C=O) groups excluding carboxylic acids is 2. The maximum absolute atomic E-state index is 13.6. The highest BCUT2D eigenvalue weighted by molar-refractivity contribution is 6.51. The number of imide groups is 1. The Morgan fingerprint density at radius 2 is 1.43 bits per heavy atom. The van der Waals surface area contributed by atoms with Crippen LogP contribution >= 0.6 is 0 Å². The molecule has 0 spiro atoms. The number of amides is 2. The van der Waals surface area contributed by atoms with E-state index in [1.807, 2.05) is 24.4 Å². The number of carbonyl (C=O) groups is 2. The van der Waals surface area contributed by atoms with Crippen molar-refractivity contribution in [3.05, 3.63) is 47.8 Å². The van der Waals surface area contributed by atoms with Gasteiger partial charge in [-0.15, -0.1) is 0 Å². The predicted molar refractivity (Wildman–Crippen MR) is 158 cm³/mol. The molecule has 2 N–H and O–H groups in total. The monoisotopic (exact) mass is 574 g/mol. The van der Waals surface area contributed by atoms with E-state index in [9.17, 15) is 9.59 Å². The Labute approximate surface area is 242 Å². The lowest BCUT2D eigenvalue weighted by atomic mass is 9.95. The molecule has 0 saturated carbocycles. The van der Waals surface area contributed by atoms with E-state index in [2.05, 4.69) is 19.8 Å². The molecule has 0 unspecified atom stereocenters. The van der Waals surface area contributed by atoms with Crippen molar-refractivity contribution in [3.63, 3.8) is 0 Å². The van der Waals surface area contributed by atoms with Gasteiger partial charge in [0.1, 0.15) is 0 Å². The van der Waals surface area contributed by atoms with Crippen molar-refractivity contribution < 1.29 is 33.3 Å². The molecule has 4 heterocycles. The van der Waals surface area contributed by atoms with Crippen LogP contribution in [0.1, 0.15) is 17.5 Å². The van der Waals surface area contributed by atoms with Crippen LogP contribution in [0.15, 0.2) is 36.7 Å². The number of aromatic amines is 1.